The molecule has 0 aliphatic carbocycles. The molecule has 4 aromatic rings. The molecule has 1 aliphatic heterocycles. The molecule has 0 amide bonds. The molecular formula is C32H34FN3O6S. The number of benzene rings is 2. The first-order chi connectivity index (χ1) is 20.4. The minimum absolute atomic E-state index is 0.0604. The first kappa shape index (κ1) is 30.4. The summed E-state index contributed by atoms with van der Waals surface area (Å²) in [5.41, 5.74) is 1.49. The Morgan fingerprint density at radius 2 is 1.77 bits per heavy atom. The van der Waals surface area contributed by atoms with E-state index in [2.05, 4.69) is 30.7 Å². The summed E-state index contributed by atoms with van der Waals surface area (Å²) in [7, 11) is -3.94. The molecule has 5 rings (SSSR count). The average molecular weight is 608 g/mol. The Bertz CT molecular complexity index is 1790. The molecule has 2 aromatic carbocycles. The van der Waals surface area contributed by atoms with Crippen LogP contribution in [0.25, 0.3) is 11.3 Å². The molecule has 0 radical (unpaired) electrons. The molecule has 9 nitrogen and oxygen atoms in total. The van der Waals surface area contributed by atoms with Crippen LogP contribution in [0, 0.1) is 18.2 Å². The minimum Gasteiger partial charge on any atom is -0.454 e. The fourth-order valence-electron chi connectivity index (χ4n) is 4.64. The Kier molecular flexibility index (Phi) is 8.66. The van der Waals surface area contributed by atoms with Crippen molar-refractivity contribution in [2.75, 3.05) is 19.2 Å². The van der Waals surface area contributed by atoms with Gasteiger partial charge in [0.2, 0.25) is 21.8 Å². The molecule has 1 atom stereocenters. The van der Waals surface area contributed by atoms with Crippen LogP contribution in [0.15, 0.2) is 76.8 Å². The summed E-state index contributed by atoms with van der Waals surface area (Å²) < 4.78 is 60.0. The highest BCUT2D eigenvalue weighted by atomic mass is 32.2. The van der Waals surface area contributed by atoms with E-state index in [1.54, 1.807) is 31.2 Å². The Balaban J connectivity index is 1.40. The first-order valence-corrected chi connectivity index (χ1v) is 15.6. The van der Waals surface area contributed by atoms with E-state index in [0.29, 0.717) is 29.4 Å². The highest BCUT2D eigenvalue weighted by Gasteiger charge is 2.25. The number of ether oxygens (including phenoxy) is 3. The summed E-state index contributed by atoms with van der Waals surface area (Å²) in [6.45, 7) is 8.41. The fourth-order valence-corrected chi connectivity index (χ4v) is 5.87. The summed E-state index contributed by atoms with van der Waals surface area (Å²) in [6, 6.07) is 17.3. The number of sulfone groups is 1. The van der Waals surface area contributed by atoms with Gasteiger partial charge in [-0.3, -0.25) is 4.79 Å². The van der Waals surface area contributed by atoms with Gasteiger partial charge in [0.05, 0.1) is 30.7 Å². The zero-order valence-corrected chi connectivity index (χ0v) is 25.4. The van der Waals surface area contributed by atoms with E-state index in [0.717, 1.165) is 11.6 Å². The summed E-state index contributed by atoms with van der Waals surface area (Å²) in [4.78, 5) is 21.2. The molecule has 0 saturated carbocycles. The van der Waals surface area contributed by atoms with Gasteiger partial charge in [-0.05, 0) is 54.2 Å². The lowest BCUT2D eigenvalue weighted by Crippen LogP contribution is -2.23. The minimum atomic E-state index is -3.94. The highest BCUT2D eigenvalue weighted by molar-refractivity contribution is 7.91. The molecule has 0 N–H and O–H groups in total. The van der Waals surface area contributed by atoms with Crippen molar-refractivity contribution in [2.24, 2.45) is 5.41 Å². The molecule has 226 valence electrons. The predicted molar refractivity (Wildman–Crippen MR) is 159 cm³/mol. The number of fused-ring (bicyclic) bond motifs is 1. The van der Waals surface area contributed by atoms with Crippen molar-refractivity contribution in [3.8, 4) is 22.8 Å². The molecule has 0 spiro atoms. The van der Waals surface area contributed by atoms with Gasteiger partial charge in [0.25, 0.3) is 5.56 Å². The van der Waals surface area contributed by atoms with E-state index in [1.807, 2.05) is 30.3 Å². The normalized spacial score (nSPS) is 13.7. The summed E-state index contributed by atoms with van der Waals surface area (Å²) in [6.07, 6.45) is 1.22. The van der Waals surface area contributed by atoms with Crippen LogP contribution in [0.3, 0.4) is 0 Å². The monoisotopic (exact) mass is 607 g/mol. The SMILES string of the molecule is Cc1cc(-c2cc(F)c(=O)n(Cc3ccc4c(c3)OCO4)c2)nc(S(=O)(=O)CCC(OCC(C)(C)C)c2ccccc2)n1. The quantitative estimate of drug-likeness (QED) is 0.218. The number of pyridine rings is 1. The van der Waals surface area contributed by atoms with E-state index >= 15 is 0 Å². The number of hydrogen-bond donors (Lipinski definition) is 0. The second-order valence-electron chi connectivity index (χ2n) is 11.8. The van der Waals surface area contributed by atoms with Crippen molar-refractivity contribution in [3.63, 3.8) is 0 Å². The highest BCUT2D eigenvalue weighted by Crippen LogP contribution is 2.33. The van der Waals surface area contributed by atoms with Gasteiger partial charge >= 0.3 is 0 Å². The lowest BCUT2D eigenvalue weighted by atomic mass is 9.98. The van der Waals surface area contributed by atoms with Crippen LogP contribution in [-0.4, -0.2) is 42.1 Å². The second kappa shape index (κ2) is 12.3. The van der Waals surface area contributed by atoms with Gasteiger partial charge in [-0.1, -0.05) is 57.2 Å². The maximum absolute atomic E-state index is 14.9. The molecular weight excluding hydrogens is 573 g/mol. The number of rotatable bonds is 10. The van der Waals surface area contributed by atoms with Gasteiger partial charge in [0.15, 0.2) is 17.3 Å². The zero-order valence-electron chi connectivity index (χ0n) is 24.5. The number of nitrogens with zero attached hydrogens (tertiary/aromatic N) is 3. The third kappa shape index (κ3) is 7.47. The summed E-state index contributed by atoms with van der Waals surface area (Å²) >= 11 is 0. The maximum Gasteiger partial charge on any atom is 0.286 e. The van der Waals surface area contributed by atoms with Gasteiger partial charge in [-0.25, -0.2) is 22.8 Å². The Hall–Kier alpha value is -4.09. The number of aryl methyl sites for hydroxylation is 1. The molecule has 0 bridgehead atoms. The molecule has 11 heteroatoms. The zero-order chi connectivity index (χ0) is 30.8. The van der Waals surface area contributed by atoms with Gasteiger partial charge in [-0.15, -0.1) is 0 Å². The van der Waals surface area contributed by atoms with Crippen molar-refractivity contribution in [3.05, 3.63) is 99.9 Å². The molecule has 2 aromatic heterocycles. The van der Waals surface area contributed by atoms with E-state index in [-0.39, 0.29) is 47.3 Å². The molecule has 1 aliphatic rings. The van der Waals surface area contributed by atoms with Crippen LogP contribution < -0.4 is 15.0 Å². The van der Waals surface area contributed by atoms with Crippen LogP contribution in [0.2, 0.25) is 0 Å². The van der Waals surface area contributed by atoms with Crippen molar-refractivity contribution in [1.29, 1.82) is 0 Å². The van der Waals surface area contributed by atoms with E-state index in [4.69, 9.17) is 14.2 Å². The van der Waals surface area contributed by atoms with Gasteiger partial charge in [0.1, 0.15) is 0 Å². The van der Waals surface area contributed by atoms with Crippen LogP contribution in [0.5, 0.6) is 11.5 Å². The largest absolute Gasteiger partial charge is 0.454 e. The molecule has 1 unspecified atom stereocenters. The molecule has 3 heterocycles. The van der Waals surface area contributed by atoms with Gasteiger partial charge < -0.3 is 18.8 Å². The lowest BCUT2D eigenvalue weighted by Gasteiger charge is -2.24. The van der Waals surface area contributed by atoms with Crippen molar-refractivity contribution in [2.45, 2.75) is 51.9 Å². The molecule has 0 fully saturated rings. The van der Waals surface area contributed by atoms with E-state index < -0.39 is 27.3 Å². The molecule has 0 saturated heterocycles. The third-order valence-electron chi connectivity index (χ3n) is 6.78. The van der Waals surface area contributed by atoms with Gasteiger partial charge in [0, 0.05) is 17.5 Å². The van der Waals surface area contributed by atoms with E-state index in [1.165, 1.54) is 10.8 Å². The topological polar surface area (TPSA) is 110 Å². The standard InChI is InChI=1S/C32H34FN3O6S/c1-21-14-26(24-16-25(33)30(37)36(18-24)17-22-10-11-28-29(15-22)42-20-41-28)35-31(34-21)43(38,39)13-12-27(40-19-32(2,3)4)23-8-6-5-7-9-23/h5-11,14-16,18,27H,12-13,17,19-20H2,1-4H3. The van der Waals surface area contributed by atoms with E-state index in [9.17, 15) is 17.6 Å². The van der Waals surface area contributed by atoms with Gasteiger partial charge in [-0.2, -0.15) is 0 Å². The number of hydrogen-bond acceptors (Lipinski definition) is 8. The summed E-state index contributed by atoms with van der Waals surface area (Å²) in [5.74, 6) is -0.100. The Labute approximate surface area is 250 Å². The first-order valence-electron chi connectivity index (χ1n) is 13.9. The molecule has 43 heavy (non-hydrogen) atoms. The number of halogens is 1. The Morgan fingerprint density at radius 3 is 2.51 bits per heavy atom. The lowest BCUT2D eigenvalue weighted by molar-refractivity contribution is 0.00593. The van der Waals surface area contributed by atoms with Crippen molar-refractivity contribution < 1.29 is 27.0 Å². The maximum atomic E-state index is 14.9. The van der Waals surface area contributed by atoms with Crippen LogP contribution >= 0.6 is 0 Å². The summed E-state index contributed by atoms with van der Waals surface area (Å²) in [5, 5.41) is -0.362. The Morgan fingerprint density at radius 1 is 1.02 bits per heavy atom. The van der Waals surface area contributed by atoms with Crippen molar-refractivity contribution >= 4 is 9.84 Å². The predicted octanol–water partition coefficient (Wildman–Crippen LogP) is 5.50. The number of aromatic nitrogens is 3. The average Bonchev–Trinajstić information content (AvgIpc) is 3.43. The third-order valence-corrected chi connectivity index (χ3v) is 8.29. The smallest absolute Gasteiger partial charge is 0.286 e. The fraction of sp³-hybridized carbons (Fsp3) is 0.344. The van der Waals surface area contributed by atoms with Crippen LogP contribution in [0.1, 0.15) is 50.1 Å². The second-order valence-corrected chi connectivity index (χ2v) is 13.8. The van der Waals surface area contributed by atoms with Crippen LogP contribution in [-0.2, 0) is 21.1 Å². The van der Waals surface area contributed by atoms with Crippen LogP contribution in [0.4, 0.5) is 4.39 Å². The van der Waals surface area contributed by atoms with Crippen molar-refractivity contribution in [1.82, 2.24) is 14.5 Å².